The molecule has 6 nitrogen and oxygen atoms in total. The van der Waals surface area contributed by atoms with Gasteiger partial charge in [-0.1, -0.05) is 29.8 Å². The van der Waals surface area contributed by atoms with Crippen LogP contribution in [-0.2, 0) is 0 Å². The van der Waals surface area contributed by atoms with E-state index in [0.29, 0.717) is 0 Å². The monoisotopic (exact) mass is 278 g/mol. The van der Waals surface area contributed by atoms with Crippen molar-refractivity contribution in [2.75, 3.05) is 0 Å². The molecule has 21 heavy (non-hydrogen) atoms. The Morgan fingerprint density at radius 2 is 1.90 bits per heavy atom. The van der Waals surface area contributed by atoms with Crippen LogP contribution in [0.4, 0.5) is 0 Å². The zero-order valence-electron chi connectivity index (χ0n) is 11.8. The van der Waals surface area contributed by atoms with Gasteiger partial charge in [-0.05, 0) is 19.9 Å². The summed E-state index contributed by atoms with van der Waals surface area (Å²) in [4.78, 5) is 4.49. The number of fused-ring (bicyclic) bond motifs is 1. The van der Waals surface area contributed by atoms with E-state index in [4.69, 9.17) is 0 Å². The van der Waals surface area contributed by atoms with Crippen molar-refractivity contribution in [1.29, 1.82) is 0 Å². The summed E-state index contributed by atoms with van der Waals surface area (Å²) in [5.74, 6) is 0.727. The summed E-state index contributed by atoms with van der Waals surface area (Å²) in [6, 6.07) is 10.2. The number of nitrogens with zero attached hydrogens (tertiary/aromatic N) is 5. The molecule has 104 valence electrons. The highest BCUT2D eigenvalue weighted by molar-refractivity contribution is 5.78. The molecular weight excluding hydrogens is 264 g/mol. The fraction of sp³-hybridized carbons (Fsp3) is 0.133. The van der Waals surface area contributed by atoms with Gasteiger partial charge in [-0.15, -0.1) is 5.10 Å². The average Bonchev–Trinajstić information content (AvgIpc) is 3.14. The van der Waals surface area contributed by atoms with Crippen LogP contribution in [0.25, 0.3) is 22.6 Å². The molecule has 1 N–H and O–H groups in total. The first-order chi connectivity index (χ1) is 10.2. The smallest absolute Gasteiger partial charge is 0.202 e. The number of aromatic amines is 1. The molecule has 3 aromatic heterocycles. The molecule has 4 rings (SSSR count). The van der Waals surface area contributed by atoms with Gasteiger partial charge in [0.05, 0.1) is 5.69 Å². The maximum Gasteiger partial charge on any atom is 0.202 e. The van der Waals surface area contributed by atoms with Gasteiger partial charge < -0.3 is 0 Å². The van der Waals surface area contributed by atoms with Crippen LogP contribution in [-0.4, -0.2) is 29.6 Å². The van der Waals surface area contributed by atoms with Crippen LogP contribution in [0.5, 0.6) is 0 Å². The molecule has 0 saturated heterocycles. The Bertz CT molecular complexity index is 896. The van der Waals surface area contributed by atoms with E-state index >= 15 is 0 Å². The predicted molar refractivity (Wildman–Crippen MR) is 79.4 cm³/mol. The van der Waals surface area contributed by atoms with Crippen molar-refractivity contribution in [2.24, 2.45) is 0 Å². The van der Waals surface area contributed by atoms with Gasteiger partial charge in [-0.2, -0.15) is 9.73 Å². The van der Waals surface area contributed by atoms with Crippen molar-refractivity contribution in [1.82, 2.24) is 29.6 Å². The number of aryl methyl sites for hydroxylation is 2. The zero-order chi connectivity index (χ0) is 14.4. The minimum Gasteiger partial charge on any atom is -0.273 e. The Hall–Kier alpha value is -2.89. The van der Waals surface area contributed by atoms with Crippen LogP contribution in [0.1, 0.15) is 11.4 Å². The highest BCUT2D eigenvalue weighted by Crippen LogP contribution is 2.28. The molecule has 0 aliphatic heterocycles. The highest BCUT2D eigenvalue weighted by atomic mass is 15.5. The lowest BCUT2D eigenvalue weighted by Crippen LogP contribution is -1.96. The number of hydrogen-bond acceptors (Lipinski definition) is 3. The lowest BCUT2D eigenvalue weighted by atomic mass is 10.1. The van der Waals surface area contributed by atoms with Crippen molar-refractivity contribution >= 4 is 5.65 Å². The summed E-state index contributed by atoms with van der Waals surface area (Å²) in [6.07, 6.45) is 3.66. The summed E-state index contributed by atoms with van der Waals surface area (Å²) in [7, 11) is 0. The first-order valence-electron chi connectivity index (χ1n) is 6.75. The molecule has 0 atom stereocenters. The first kappa shape index (κ1) is 11.9. The number of H-pyrrole nitrogens is 1. The van der Waals surface area contributed by atoms with Crippen LogP contribution in [0, 0.1) is 13.8 Å². The molecule has 0 spiro atoms. The Balaban J connectivity index is 2.02. The van der Waals surface area contributed by atoms with Crippen LogP contribution in [0.3, 0.4) is 0 Å². The predicted octanol–water partition coefficient (Wildman–Crippen LogP) is 2.53. The number of hydrogen-bond donors (Lipinski definition) is 1. The normalized spacial score (nSPS) is 11.3. The van der Waals surface area contributed by atoms with Crippen molar-refractivity contribution in [3.05, 3.63) is 54.1 Å². The molecule has 6 heteroatoms. The standard InChI is InChI=1S/C15H14N6/c1-10-4-6-12(7-5-10)13-14(20-9-3-8-16-20)15-17-11(2)18-21(15)19-13/h3-9,19H,1-2H3. The summed E-state index contributed by atoms with van der Waals surface area (Å²) < 4.78 is 3.51. The third kappa shape index (κ3) is 1.84. The van der Waals surface area contributed by atoms with E-state index in [2.05, 4.69) is 51.5 Å². The van der Waals surface area contributed by atoms with Gasteiger partial charge in [0.1, 0.15) is 11.5 Å². The molecule has 1 aromatic carbocycles. The van der Waals surface area contributed by atoms with Crippen LogP contribution >= 0.6 is 0 Å². The number of benzene rings is 1. The SMILES string of the molecule is Cc1ccc(-c2[nH]n3nc(C)nc3c2-n2cccn2)cc1. The van der Waals surface area contributed by atoms with E-state index in [1.807, 2.05) is 23.9 Å². The summed E-state index contributed by atoms with van der Waals surface area (Å²) in [5.41, 5.74) is 4.94. The molecule has 0 bridgehead atoms. The van der Waals surface area contributed by atoms with Crippen molar-refractivity contribution in [2.45, 2.75) is 13.8 Å². The second kappa shape index (κ2) is 4.31. The Kier molecular flexibility index (Phi) is 2.44. The lowest BCUT2D eigenvalue weighted by Gasteiger charge is -2.04. The van der Waals surface area contributed by atoms with Crippen LogP contribution in [0.2, 0.25) is 0 Å². The second-order valence-electron chi connectivity index (χ2n) is 5.05. The van der Waals surface area contributed by atoms with Gasteiger partial charge in [-0.3, -0.25) is 5.10 Å². The summed E-state index contributed by atoms with van der Waals surface area (Å²) in [5, 5.41) is 12.0. The number of aromatic nitrogens is 6. The lowest BCUT2D eigenvalue weighted by molar-refractivity contribution is 0.809. The van der Waals surface area contributed by atoms with Crippen LogP contribution < -0.4 is 0 Å². The molecule has 0 amide bonds. The molecule has 0 saturated carbocycles. The molecule has 0 aliphatic rings. The molecule has 0 aliphatic carbocycles. The number of nitrogens with one attached hydrogen (secondary N) is 1. The summed E-state index contributed by atoms with van der Waals surface area (Å²) >= 11 is 0. The quantitative estimate of drug-likeness (QED) is 0.613. The van der Waals surface area contributed by atoms with Gasteiger partial charge in [0.15, 0.2) is 0 Å². The van der Waals surface area contributed by atoms with Crippen LogP contribution in [0.15, 0.2) is 42.7 Å². The molecular formula is C15H14N6. The van der Waals surface area contributed by atoms with E-state index in [-0.39, 0.29) is 0 Å². The molecule has 4 aromatic rings. The third-order valence-electron chi connectivity index (χ3n) is 3.45. The van der Waals surface area contributed by atoms with Crippen molar-refractivity contribution < 1.29 is 0 Å². The third-order valence-corrected chi connectivity index (χ3v) is 3.45. The molecule has 0 fully saturated rings. The largest absolute Gasteiger partial charge is 0.273 e. The maximum absolute atomic E-state index is 4.49. The van der Waals surface area contributed by atoms with E-state index < -0.39 is 0 Å². The van der Waals surface area contributed by atoms with Gasteiger partial charge in [-0.25, -0.2) is 9.67 Å². The Morgan fingerprint density at radius 1 is 1.10 bits per heavy atom. The van der Waals surface area contributed by atoms with E-state index in [1.165, 1.54) is 5.56 Å². The van der Waals surface area contributed by atoms with Gasteiger partial charge >= 0.3 is 0 Å². The molecule has 3 heterocycles. The Morgan fingerprint density at radius 3 is 2.62 bits per heavy atom. The topological polar surface area (TPSA) is 63.8 Å². The zero-order valence-corrected chi connectivity index (χ0v) is 11.8. The average molecular weight is 278 g/mol. The summed E-state index contributed by atoms with van der Waals surface area (Å²) in [6.45, 7) is 3.95. The molecule has 0 unspecified atom stereocenters. The fourth-order valence-corrected chi connectivity index (χ4v) is 2.46. The maximum atomic E-state index is 4.49. The minimum absolute atomic E-state index is 0.727. The highest BCUT2D eigenvalue weighted by Gasteiger charge is 2.18. The Labute approximate surface area is 121 Å². The van der Waals surface area contributed by atoms with E-state index in [1.54, 1.807) is 10.8 Å². The fourth-order valence-electron chi connectivity index (χ4n) is 2.46. The molecule has 0 radical (unpaired) electrons. The van der Waals surface area contributed by atoms with E-state index in [9.17, 15) is 0 Å². The van der Waals surface area contributed by atoms with Gasteiger partial charge in [0.2, 0.25) is 5.65 Å². The second-order valence-corrected chi connectivity index (χ2v) is 5.05. The minimum atomic E-state index is 0.727. The van der Waals surface area contributed by atoms with Crippen molar-refractivity contribution in [3.8, 4) is 16.9 Å². The van der Waals surface area contributed by atoms with Gasteiger partial charge in [0.25, 0.3) is 0 Å². The van der Waals surface area contributed by atoms with Gasteiger partial charge in [0, 0.05) is 18.0 Å². The van der Waals surface area contributed by atoms with E-state index in [0.717, 1.165) is 28.4 Å². The van der Waals surface area contributed by atoms with Crippen molar-refractivity contribution in [3.63, 3.8) is 0 Å². The first-order valence-corrected chi connectivity index (χ1v) is 6.75. The number of rotatable bonds is 2.